The number of benzene rings is 9. The maximum atomic E-state index is 11.0. The molecule has 6 nitrogen and oxygen atoms in total. The summed E-state index contributed by atoms with van der Waals surface area (Å²) in [5.74, 6) is 1.61. The number of aromatic nitrogens is 5. The van der Waals surface area contributed by atoms with Gasteiger partial charge in [0.1, 0.15) is 6.07 Å². The maximum absolute atomic E-state index is 11.0. The van der Waals surface area contributed by atoms with Crippen molar-refractivity contribution in [2.24, 2.45) is 0 Å². The zero-order chi connectivity index (χ0) is 41.1. The average molecular weight is 791 g/mol. The minimum absolute atomic E-state index is 0.491. The van der Waals surface area contributed by atoms with Crippen LogP contribution in [0.1, 0.15) is 5.56 Å². The van der Waals surface area contributed by atoms with E-state index in [4.69, 9.17) is 15.0 Å². The Bertz CT molecular complexity index is 3760. The predicted octanol–water partition coefficient (Wildman–Crippen LogP) is 13.8. The van der Waals surface area contributed by atoms with Gasteiger partial charge in [0.25, 0.3) is 0 Å². The highest BCUT2D eigenvalue weighted by atomic mass is 15.0. The van der Waals surface area contributed by atoms with Crippen molar-refractivity contribution in [3.8, 4) is 62.7 Å². The number of hydrogen-bond acceptors (Lipinski definition) is 4. The Hall–Kier alpha value is -8.66. The second-order valence-electron chi connectivity index (χ2n) is 15.6. The second kappa shape index (κ2) is 14.3. The molecule has 0 unspecified atom stereocenters. The first-order chi connectivity index (χ1) is 30.7. The molecule has 0 N–H and O–H groups in total. The lowest BCUT2D eigenvalue weighted by Crippen LogP contribution is -2.02. The van der Waals surface area contributed by atoms with Gasteiger partial charge in [-0.15, -0.1) is 0 Å². The van der Waals surface area contributed by atoms with Crippen molar-refractivity contribution in [2.45, 2.75) is 0 Å². The van der Waals surface area contributed by atoms with Gasteiger partial charge in [-0.1, -0.05) is 152 Å². The van der Waals surface area contributed by atoms with E-state index in [2.05, 4.69) is 143 Å². The van der Waals surface area contributed by atoms with Gasteiger partial charge >= 0.3 is 0 Å². The van der Waals surface area contributed by atoms with Crippen LogP contribution in [-0.4, -0.2) is 24.1 Å². The highest BCUT2D eigenvalue weighted by Crippen LogP contribution is 2.43. The zero-order valence-electron chi connectivity index (χ0n) is 33.3. The summed E-state index contributed by atoms with van der Waals surface area (Å²) < 4.78 is 4.64. The fourth-order valence-corrected chi connectivity index (χ4v) is 9.13. The van der Waals surface area contributed by atoms with E-state index >= 15 is 0 Å². The molecule has 0 saturated carbocycles. The van der Waals surface area contributed by atoms with Crippen LogP contribution < -0.4 is 0 Å². The lowest BCUT2D eigenvalue weighted by Gasteiger charge is -2.13. The first-order valence-electron chi connectivity index (χ1n) is 20.7. The maximum Gasteiger partial charge on any atom is 0.164 e. The molecule has 0 spiro atoms. The Kier molecular flexibility index (Phi) is 8.12. The van der Waals surface area contributed by atoms with Crippen molar-refractivity contribution in [1.29, 1.82) is 5.26 Å². The van der Waals surface area contributed by atoms with Crippen LogP contribution in [-0.2, 0) is 0 Å². The van der Waals surface area contributed by atoms with E-state index in [1.165, 1.54) is 10.8 Å². The minimum Gasteiger partial charge on any atom is -0.309 e. The van der Waals surface area contributed by atoms with Crippen LogP contribution in [0.5, 0.6) is 0 Å². The van der Waals surface area contributed by atoms with Gasteiger partial charge in [0.15, 0.2) is 17.5 Å². The molecule has 0 bridgehead atoms. The third-order valence-corrected chi connectivity index (χ3v) is 12.0. The Labute approximate surface area is 356 Å². The molecule has 12 rings (SSSR count). The van der Waals surface area contributed by atoms with Crippen LogP contribution >= 0.6 is 0 Å². The van der Waals surface area contributed by atoms with E-state index in [0.29, 0.717) is 23.0 Å². The lowest BCUT2D eigenvalue weighted by molar-refractivity contribution is 1.07. The SMILES string of the molecule is N#Cc1cc(-c2nc(-c3ccccc3)nc(-c3cccc(-c4ccccc4)c3)n2)ccc1-n1c2ccccc2c2ccc3c(c4ccccc4n3-c3ccc4ccccc4c3)c21. The minimum atomic E-state index is 0.491. The lowest BCUT2D eigenvalue weighted by atomic mass is 10.0. The summed E-state index contributed by atoms with van der Waals surface area (Å²) in [6, 6.07) is 73.9. The van der Waals surface area contributed by atoms with Crippen molar-refractivity contribution in [3.63, 3.8) is 0 Å². The smallest absolute Gasteiger partial charge is 0.164 e. The molecule has 9 aromatic carbocycles. The molecule has 3 aromatic heterocycles. The molecule has 6 heteroatoms. The van der Waals surface area contributed by atoms with Crippen LogP contribution in [0, 0.1) is 11.3 Å². The topological polar surface area (TPSA) is 72.3 Å². The number of para-hydroxylation sites is 2. The number of nitrogens with zero attached hydrogens (tertiary/aromatic N) is 6. The van der Waals surface area contributed by atoms with Crippen molar-refractivity contribution in [1.82, 2.24) is 24.1 Å². The van der Waals surface area contributed by atoms with Gasteiger partial charge in [0.05, 0.1) is 33.3 Å². The quantitative estimate of drug-likeness (QED) is 0.168. The van der Waals surface area contributed by atoms with Crippen LogP contribution in [0.25, 0.3) is 111 Å². The number of fused-ring (bicyclic) bond motifs is 8. The van der Waals surface area contributed by atoms with Crippen molar-refractivity contribution < 1.29 is 0 Å². The number of nitriles is 1. The van der Waals surface area contributed by atoms with Gasteiger partial charge in [-0.05, 0) is 76.5 Å². The molecule has 0 aliphatic heterocycles. The summed E-state index contributed by atoms with van der Waals surface area (Å²) >= 11 is 0. The van der Waals surface area contributed by atoms with Crippen LogP contribution in [0.15, 0.2) is 206 Å². The number of rotatable bonds is 6. The third-order valence-electron chi connectivity index (χ3n) is 12.0. The average Bonchev–Trinajstić information content (AvgIpc) is 3.87. The molecular formula is C56H34N6. The Balaban J connectivity index is 1.07. The van der Waals surface area contributed by atoms with Gasteiger partial charge < -0.3 is 9.13 Å². The fraction of sp³-hybridized carbons (Fsp3) is 0. The zero-order valence-corrected chi connectivity index (χ0v) is 33.3. The molecule has 0 aliphatic carbocycles. The highest BCUT2D eigenvalue weighted by Gasteiger charge is 2.23. The summed E-state index contributed by atoms with van der Waals surface area (Å²) in [6.45, 7) is 0. The molecule has 0 saturated heterocycles. The van der Waals surface area contributed by atoms with Gasteiger partial charge in [-0.2, -0.15) is 5.26 Å². The van der Waals surface area contributed by atoms with Gasteiger partial charge in [0.2, 0.25) is 0 Å². The van der Waals surface area contributed by atoms with E-state index in [0.717, 1.165) is 82.8 Å². The van der Waals surface area contributed by atoms with E-state index in [1.54, 1.807) is 0 Å². The van der Waals surface area contributed by atoms with E-state index in [1.807, 2.05) is 78.9 Å². The standard InChI is InChI=1S/C56H34N6/c57-35-43-33-42(56-59-54(38-17-5-2-6-18-38)58-55(60-56)41-21-13-20-39(32-41)36-14-3-1-4-15-36)27-30-48(43)62-49-24-11-9-22-45(49)46-29-31-51-52(53(46)62)47-23-10-12-25-50(47)61(51)44-28-26-37-16-7-8-19-40(37)34-44/h1-34H. The van der Waals surface area contributed by atoms with Crippen molar-refractivity contribution in [2.75, 3.05) is 0 Å². The Morgan fingerprint density at radius 3 is 1.73 bits per heavy atom. The van der Waals surface area contributed by atoms with Crippen LogP contribution in [0.4, 0.5) is 0 Å². The van der Waals surface area contributed by atoms with Crippen LogP contribution in [0.2, 0.25) is 0 Å². The number of hydrogen-bond donors (Lipinski definition) is 0. The summed E-state index contributed by atoms with van der Waals surface area (Å²) in [4.78, 5) is 15.1. The molecule has 0 radical (unpaired) electrons. The first kappa shape index (κ1) is 35.3. The van der Waals surface area contributed by atoms with Crippen molar-refractivity contribution >= 4 is 54.4 Å². The Morgan fingerprint density at radius 2 is 0.968 bits per heavy atom. The fourth-order valence-electron chi connectivity index (χ4n) is 9.13. The Morgan fingerprint density at radius 1 is 0.371 bits per heavy atom. The first-order valence-corrected chi connectivity index (χ1v) is 20.7. The van der Waals surface area contributed by atoms with E-state index in [-0.39, 0.29) is 0 Å². The second-order valence-corrected chi connectivity index (χ2v) is 15.6. The normalized spacial score (nSPS) is 11.5. The molecule has 0 atom stereocenters. The molecule has 3 heterocycles. The van der Waals surface area contributed by atoms with Crippen molar-refractivity contribution in [3.05, 3.63) is 212 Å². The molecule has 0 amide bonds. The van der Waals surface area contributed by atoms with Crippen LogP contribution in [0.3, 0.4) is 0 Å². The molecular weight excluding hydrogens is 757 g/mol. The van der Waals surface area contributed by atoms with E-state index in [9.17, 15) is 5.26 Å². The van der Waals surface area contributed by atoms with Gasteiger partial charge in [-0.3, -0.25) is 0 Å². The molecule has 0 aliphatic rings. The molecule has 12 aromatic rings. The monoisotopic (exact) mass is 790 g/mol. The molecule has 288 valence electrons. The summed E-state index contributed by atoms with van der Waals surface area (Å²) in [5.41, 5.74) is 11.3. The summed E-state index contributed by atoms with van der Waals surface area (Å²) in [7, 11) is 0. The predicted molar refractivity (Wildman–Crippen MR) is 252 cm³/mol. The third kappa shape index (κ3) is 5.68. The summed E-state index contributed by atoms with van der Waals surface area (Å²) in [6.07, 6.45) is 0. The highest BCUT2D eigenvalue weighted by molar-refractivity contribution is 6.26. The van der Waals surface area contributed by atoms with E-state index < -0.39 is 0 Å². The van der Waals surface area contributed by atoms with Gasteiger partial charge in [0, 0.05) is 43.9 Å². The summed E-state index contributed by atoms with van der Waals surface area (Å²) in [5, 5.41) is 17.9. The molecule has 0 fully saturated rings. The largest absolute Gasteiger partial charge is 0.309 e. The van der Waals surface area contributed by atoms with Gasteiger partial charge in [-0.25, -0.2) is 15.0 Å². The molecule has 62 heavy (non-hydrogen) atoms.